The summed E-state index contributed by atoms with van der Waals surface area (Å²) in [5.41, 5.74) is 3.61. The van der Waals surface area contributed by atoms with E-state index < -0.39 is 43.8 Å². The summed E-state index contributed by atoms with van der Waals surface area (Å²) in [5, 5.41) is 18.9. The van der Waals surface area contributed by atoms with Crippen molar-refractivity contribution in [2.24, 2.45) is 5.92 Å². The Hall–Kier alpha value is -4.46. The van der Waals surface area contributed by atoms with Crippen molar-refractivity contribution in [3.8, 4) is 0 Å². The molecule has 2 aromatic carbocycles. The number of fused-ring (bicyclic) bond motifs is 2. The first-order valence-corrected chi connectivity index (χ1v) is 21.8. The molecule has 13 heteroatoms. The number of β-lactam (4-membered cyclic amide) rings is 1. The molecule has 2 saturated heterocycles. The minimum Gasteiger partial charge on any atom is -0.441 e. The summed E-state index contributed by atoms with van der Waals surface area (Å²) in [6.45, 7) is 13.3. The topological polar surface area (TPSA) is 127 Å². The molecule has 54 heavy (non-hydrogen) atoms. The molecule has 0 aliphatic carbocycles. The second-order valence-electron chi connectivity index (χ2n) is 15.6. The zero-order valence-electron chi connectivity index (χ0n) is 32.3. The highest BCUT2D eigenvalue weighted by molar-refractivity contribution is 6.72. The van der Waals surface area contributed by atoms with Crippen molar-refractivity contribution in [3.05, 3.63) is 94.8 Å². The number of benzene rings is 2. The number of aliphatic hydroxyl groups is 1. The zero-order valence-corrected chi connectivity index (χ0v) is 33.3. The highest BCUT2D eigenvalue weighted by Crippen LogP contribution is 2.60. The molecule has 1 N–H and O–H groups in total. The Labute approximate surface area is 318 Å². The Morgan fingerprint density at radius 1 is 1.13 bits per heavy atom. The van der Waals surface area contributed by atoms with Gasteiger partial charge >= 0.3 is 5.97 Å². The number of carbonyl (C=O) groups excluding carboxylic acids is 3. The van der Waals surface area contributed by atoms with E-state index in [4.69, 9.17) is 9.47 Å². The summed E-state index contributed by atoms with van der Waals surface area (Å²) in [6.07, 6.45) is 6.87. The molecule has 2 unspecified atom stereocenters. The lowest BCUT2D eigenvalue weighted by Crippen LogP contribution is -2.55. The summed E-state index contributed by atoms with van der Waals surface area (Å²) in [5.74, 6) is -1.84. The van der Waals surface area contributed by atoms with Crippen LogP contribution < -0.4 is 9.80 Å². The van der Waals surface area contributed by atoms with Crippen LogP contribution in [-0.2, 0) is 36.0 Å². The Bertz CT molecular complexity index is 1940. The first-order chi connectivity index (χ1) is 25.6. The van der Waals surface area contributed by atoms with Gasteiger partial charge in [0.2, 0.25) is 14.3 Å². The van der Waals surface area contributed by atoms with Crippen molar-refractivity contribution in [2.45, 2.75) is 109 Å². The number of carbonyl (C=O) groups is 3. The minimum absolute atomic E-state index is 0.0662. The lowest BCUT2D eigenvalue weighted by molar-refractivity contribution is -0.153. The monoisotopic (exact) mass is 757 g/mol. The summed E-state index contributed by atoms with van der Waals surface area (Å²) in [6, 6.07) is 15.0. The van der Waals surface area contributed by atoms with Gasteiger partial charge in [0.25, 0.3) is 5.91 Å². The molecule has 2 amide bonds. The van der Waals surface area contributed by atoms with Crippen LogP contribution in [0, 0.1) is 5.92 Å². The number of rotatable bonds is 14. The number of hydrogen-bond acceptors (Lipinski definition) is 8. The van der Waals surface area contributed by atoms with Crippen LogP contribution in [0.4, 0.5) is 15.5 Å². The second-order valence-corrected chi connectivity index (χ2v) is 19.4. The Morgan fingerprint density at radius 2 is 1.87 bits per heavy atom. The quantitative estimate of drug-likeness (QED) is 0.0617. The van der Waals surface area contributed by atoms with Crippen LogP contribution in [0.25, 0.3) is 0 Å². The highest BCUT2D eigenvalue weighted by atomic mass is 28.4. The Morgan fingerprint density at radius 3 is 2.52 bits per heavy atom. The third kappa shape index (κ3) is 7.58. The number of aliphatic hydroxyl groups excluding tert-OH is 1. The predicted molar refractivity (Wildman–Crippen MR) is 207 cm³/mol. The van der Waals surface area contributed by atoms with Crippen LogP contribution in [0.15, 0.2) is 78.0 Å². The maximum absolute atomic E-state index is 16.6. The maximum Gasteiger partial charge on any atom is 0.304 e. The van der Waals surface area contributed by atoms with Gasteiger partial charge in [-0.3, -0.25) is 24.0 Å². The fraction of sp³-hybridized carbons (Fsp3) is 0.488. The van der Waals surface area contributed by atoms with E-state index >= 15 is 4.11 Å². The van der Waals surface area contributed by atoms with E-state index in [0.29, 0.717) is 42.1 Å². The summed E-state index contributed by atoms with van der Waals surface area (Å²) < 4.78 is 30.7. The fourth-order valence-electron chi connectivity index (χ4n) is 8.45. The van der Waals surface area contributed by atoms with Crippen molar-refractivity contribution >= 4 is 37.6 Å². The van der Waals surface area contributed by atoms with E-state index in [1.807, 2.05) is 43.3 Å². The molecule has 3 aliphatic heterocycles. The van der Waals surface area contributed by atoms with Crippen LogP contribution in [0.3, 0.4) is 0 Å². The Kier molecular flexibility index (Phi) is 11.4. The molecule has 1 aromatic heterocycles. The number of aryl methyl sites for hydroxylation is 1. The molecule has 6 atom stereocenters. The molecule has 2 fully saturated rings. The Balaban J connectivity index is 1.33. The third-order valence-electron chi connectivity index (χ3n) is 11.1. The molecule has 0 radical (unpaired) electrons. The van der Waals surface area contributed by atoms with E-state index in [1.54, 1.807) is 41.0 Å². The summed E-state index contributed by atoms with van der Waals surface area (Å²) in [7, 11) is -3.46. The van der Waals surface area contributed by atoms with Crippen LogP contribution >= 0.6 is 0 Å². The van der Waals surface area contributed by atoms with Gasteiger partial charge in [-0.1, -0.05) is 65.8 Å². The number of nitrogens with zero attached hydrogens (tertiary/aromatic N) is 5. The number of amides is 2. The average molecular weight is 758 g/mol. The number of allylic oxidation sites excluding steroid dienone is 3. The zero-order chi connectivity index (χ0) is 38.9. The molecule has 3 aliphatic rings. The molecule has 4 heterocycles. The number of aromatic nitrogens is 3. The standard InChI is InChI=1S/C41H52FN5O6Si/c1-26(2)12-11-13-27(3)18-21-46-35-17-16-31(47-37(50)23-38(47)52-29(5)49)22-33(35)41(40(46)51)28(4)39(54(6,7)42)36(53-41)19-20-45-24-34(43-44-45)32(25-48)30-14-9-8-10-15-30/h8-10,12,14-18,22,24,28,32,36,38-39,48H,11,13,19-21,23,25H2,1-7H3/b27-18+/t28-,32?,36+,38?,39-,41+/m0/s1. The van der Waals surface area contributed by atoms with Crippen LogP contribution in [0.5, 0.6) is 0 Å². The van der Waals surface area contributed by atoms with E-state index in [0.717, 1.165) is 24.0 Å². The van der Waals surface area contributed by atoms with Crippen molar-refractivity contribution in [2.75, 3.05) is 23.0 Å². The van der Waals surface area contributed by atoms with E-state index in [-0.39, 0.29) is 30.8 Å². The first-order valence-electron chi connectivity index (χ1n) is 18.8. The number of ether oxygens (including phenoxy) is 2. The van der Waals surface area contributed by atoms with Gasteiger partial charge in [-0.15, -0.1) is 5.10 Å². The van der Waals surface area contributed by atoms with Crippen LogP contribution in [0.2, 0.25) is 18.6 Å². The molecular weight excluding hydrogens is 706 g/mol. The third-order valence-corrected chi connectivity index (χ3v) is 13.5. The smallest absolute Gasteiger partial charge is 0.304 e. The van der Waals surface area contributed by atoms with Gasteiger partial charge in [0, 0.05) is 48.9 Å². The molecule has 1 spiro atoms. The lowest BCUT2D eigenvalue weighted by atomic mass is 9.82. The second kappa shape index (κ2) is 15.7. The molecule has 0 bridgehead atoms. The largest absolute Gasteiger partial charge is 0.441 e. The molecule has 288 valence electrons. The molecular formula is C41H52FN5O6Si. The van der Waals surface area contributed by atoms with Crippen molar-refractivity contribution in [3.63, 3.8) is 0 Å². The van der Waals surface area contributed by atoms with Crippen LogP contribution in [-0.4, -0.2) is 71.8 Å². The van der Waals surface area contributed by atoms with Crippen molar-refractivity contribution < 1.29 is 33.1 Å². The molecule has 6 rings (SSSR count). The summed E-state index contributed by atoms with van der Waals surface area (Å²) >= 11 is 0. The van der Waals surface area contributed by atoms with Crippen LogP contribution in [0.1, 0.15) is 83.0 Å². The van der Waals surface area contributed by atoms with Gasteiger partial charge in [0.15, 0.2) is 11.8 Å². The van der Waals surface area contributed by atoms with Gasteiger partial charge in [-0.05, 0) is 76.9 Å². The van der Waals surface area contributed by atoms with Gasteiger partial charge < -0.3 is 23.6 Å². The lowest BCUT2D eigenvalue weighted by Gasteiger charge is -2.39. The number of hydrogen-bond donors (Lipinski definition) is 1. The fourth-order valence-corrected chi connectivity index (χ4v) is 11.0. The molecule has 11 nitrogen and oxygen atoms in total. The van der Waals surface area contributed by atoms with E-state index in [1.165, 1.54) is 17.4 Å². The summed E-state index contributed by atoms with van der Waals surface area (Å²) in [4.78, 5) is 42.8. The van der Waals surface area contributed by atoms with Crippen molar-refractivity contribution in [1.82, 2.24) is 15.0 Å². The number of esters is 1. The van der Waals surface area contributed by atoms with E-state index in [9.17, 15) is 19.5 Å². The number of anilines is 2. The van der Waals surface area contributed by atoms with Gasteiger partial charge in [-0.2, -0.15) is 0 Å². The maximum atomic E-state index is 16.6. The minimum atomic E-state index is -3.46. The first kappa shape index (κ1) is 39.2. The molecule has 0 saturated carbocycles. The molecule has 3 aromatic rings. The average Bonchev–Trinajstić information content (AvgIpc) is 3.76. The van der Waals surface area contributed by atoms with Gasteiger partial charge in [0.1, 0.15) is 0 Å². The van der Waals surface area contributed by atoms with Gasteiger partial charge in [-0.25, -0.2) is 0 Å². The SMILES string of the molecule is CC(=O)OC1CC(=O)N1c1ccc2c(c1)[C@@]1(O[C@H](CCn3cc(C(CO)c4ccccc4)nn3)[C@@H]([Si](C)(C)F)[C@@H]1C)C(=O)N2C/C=C(\C)CCC=C(C)C. The normalized spacial score (nSPS) is 24.5. The number of halogens is 1. The van der Waals surface area contributed by atoms with E-state index in [2.05, 4.69) is 43.2 Å². The van der Waals surface area contributed by atoms with Crippen molar-refractivity contribution in [1.29, 1.82) is 0 Å². The highest BCUT2D eigenvalue weighted by Gasteiger charge is 2.66. The van der Waals surface area contributed by atoms with Gasteiger partial charge in [0.05, 0.1) is 36.4 Å². The predicted octanol–water partition coefficient (Wildman–Crippen LogP) is 6.93.